The Bertz CT molecular complexity index is 711. The second-order valence-corrected chi connectivity index (χ2v) is 4.35. The van der Waals surface area contributed by atoms with Gasteiger partial charge < -0.3 is 23.7 Å². The molecule has 2 aromatic rings. The van der Waals surface area contributed by atoms with Crippen molar-refractivity contribution in [2.45, 2.75) is 13.2 Å². The van der Waals surface area contributed by atoms with Gasteiger partial charge in [0.1, 0.15) is 0 Å². The molecule has 0 aromatic carbocycles. The van der Waals surface area contributed by atoms with Crippen molar-refractivity contribution >= 4 is 23.1 Å². The van der Waals surface area contributed by atoms with Crippen molar-refractivity contribution in [1.82, 2.24) is 0 Å². The molecule has 2 bridgehead atoms. The van der Waals surface area contributed by atoms with Crippen LogP contribution in [0.3, 0.4) is 0 Å². The van der Waals surface area contributed by atoms with Gasteiger partial charge in [-0.05, 0) is 13.0 Å². The third-order valence-corrected chi connectivity index (χ3v) is 2.78. The molecule has 0 saturated carbocycles. The summed E-state index contributed by atoms with van der Waals surface area (Å²) >= 11 is 0. The van der Waals surface area contributed by atoms with Crippen molar-refractivity contribution < 1.29 is 33.3 Å². The van der Waals surface area contributed by atoms with Crippen LogP contribution in [0.15, 0.2) is 22.6 Å². The number of aliphatic hydroxyl groups excluding tert-OH is 1. The summed E-state index contributed by atoms with van der Waals surface area (Å²) < 4.78 is 20.1. The lowest BCUT2D eigenvalue weighted by molar-refractivity contribution is -0.150. The Labute approximate surface area is 112 Å². The third kappa shape index (κ3) is 1.79. The van der Waals surface area contributed by atoms with E-state index in [0.29, 0.717) is 16.7 Å². The Morgan fingerprint density at radius 1 is 1.50 bits per heavy atom. The SMILES string of the molecule is C=C(C)C(=O)OCC(=O)Oc1c2c3oc1cc3C(O)O2. The standard InChI is InChI=1S/C13H10O7/c1-5(2)12(15)17-4-8(14)19-10-7-3-6-9(18-7)11(10)20-13(6)16/h3,13,16H,1,4H2,2H3. The van der Waals surface area contributed by atoms with E-state index in [0.717, 1.165) is 0 Å². The fourth-order valence-electron chi connectivity index (χ4n) is 1.86. The number of ether oxygens (including phenoxy) is 3. The summed E-state index contributed by atoms with van der Waals surface area (Å²) in [6, 6.07) is 1.53. The van der Waals surface area contributed by atoms with Gasteiger partial charge in [0, 0.05) is 5.57 Å². The predicted octanol–water partition coefficient (Wildman–Crippen LogP) is 1.28. The molecular weight excluding hydrogens is 268 g/mol. The Morgan fingerprint density at radius 3 is 2.95 bits per heavy atom. The average Bonchev–Trinajstić information content (AvgIpc) is 3.00. The fourth-order valence-corrected chi connectivity index (χ4v) is 1.86. The van der Waals surface area contributed by atoms with Gasteiger partial charge in [-0.2, -0.15) is 0 Å². The monoisotopic (exact) mass is 278 g/mol. The minimum atomic E-state index is -1.12. The van der Waals surface area contributed by atoms with Crippen LogP contribution in [0.2, 0.25) is 0 Å². The molecule has 1 aliphatic rings. The summed E-state index contributed by atoms with van der Waals surface area (Å²) in [5, 5.41) is 9.53. The van der Waals surface area contributed by atoms with E-state index in [-0.39, 0.29) is 17.1 Å². The van der Waals surface area contributed by atoms with Crippen LogP contribution in [0.1, 0.15) is 18.8 Å². The molecule has 3 heterocycles. The average molecular weight is 278 g/mol. The highest BCUT2D eigenvalue weighted by Gasteiger charge is 2.36. The number of hydrogen-bond acceptors (Lipinski definition) is 7. The number of fused-ring (bicyclic) bond motifs is 1. The van der Waals surface area contributed by atoms with Gasteiger partial charge in [0.25, 0.3) is 0 Å². The van der Waals surface area contributed by atoms with E-state index in [9.17, 15) is 14.7 Å². The normalized spacial score (nSPS) is 16.2. The van der Waals surface area contributed by atoms with E-state index in [1.807, 2.05) is 0 Å². The van der Waals surface area contributed by atoms with E-state index in [1.165, 1.54) is 13.0 Å². The molecule has 1 N–H and O–H groups in total. The first-order chi connectivity index (χ1) is 9.47. The minimum Gasteiger partial charge on any atom is -0.453 e. The van der Waals surface area contributed by atoms with Gasteiger partial charge in [-0.1, -0.05) is 6.58 Å². The highest BCUT2D eigenvalue weighted by Crippen LogP contribution is 2.52. The van der Waals surface area contributed by atoms with Gasteiger partial charge in [0.05, 0.1) is 5.56 Å². The molecule has 1 atom stereocenters. The number of carbonyl (C=O) groups excluding carboxylic acids is 2. The number of furan rings is 2. The Morgan fingerprint density at radius 2 is 2.25 bits per heavy atom. The van der Waals surface area contributed by atoms with Crippen molar-refractivity contribution in [3.05, 3.63) is 23.8 Å². The van der Waals surface area contributed by atoms with Gasteiger partial charge in [0.15, 0.2) is 17.8 Å². The molecule has 0 amide bonds. The smallest absolute Gasteiger partial charge is 0.349 e. The summed E-state index contributed by atoms with van der Waals surface area (Å²) in [5.74, 6) is -1.20. The second kappa shape index (κ2) is 4.24. The number of esters is 2. The van der Waals surface area contributed by atoms with E-state index in [4.69, 9.17) is 13.9 Å². The molecule has 0 aliphatic carbocycles. The highest BCUT2D eigenvalue weighted by atomic mass is 16.6. The van der Waals surface area contributed by atoms with E-state index in [1.54, 1.807) is 0 Å². The first-order valence-electron chi connectivity index (χ1n) is 5.74. The number of benzene rings is 1. The molecule has 7 nitrogen and oxygen atoms in total. The van der Waals surface area contributed by atoms with Gasteiger partial charge >= 0.3 is 11.9 Å². The fraction of sp³-hybridized carbons (Fsp3) is 0.231. The zero-order chi connectivity index (χ0) is 14.4. The maximum Gasteiger partial charge on any atom is 0.349 e. The molecule has 7 heteroatoms. The summed E-state index contributed by atoms with van der Waals surface area (Å²) in [6.45, 7) is 4.30. The van der Waals surface area contributed by atoms with Crippen molar-refractivity contribution in [2.24, 2.45) is 0 Å². The Hall–Kier alpha value is -2.54. The van der Waals surface area contributed by atoms with E-state index in [2.05, 4.69) is 11.3 Å². The molecule has 0 saturated heterocycles. The lowest BCUT2D eigenvalue weighted by Gasteiger charge is -2.06. The van der Waals surface area contributed by atoms with E-state index < -0.39 is 24.8 Å². The van der Waals surface area contributed by atoms with Crippen molar-refractivity contribution in [3.63, 3.8) is 0 Å². The number of carbonyl (C=O) groups is 2. The Balaban J connectivity index is 1.68. The summed E-state index contributed by atoms with van der Waals surface area (Å²) in [6.07, 6.45) is -1.12. The topological polar surface area (TPSA) is 95.2 Å². The maximum absolute atomic E-state index is 11.6. The lowest BCUT2D eigenvalue weighted by Crippen LogP contribution is -2.19. The number of rotatable bonds is 4. The van der Waals surface area contributed by atoms with Gasteiger partial charge in [-0.15, -0.1) is 0 Å². The summed E-state index contributed by atoms with van der Waals surface area (Å²) in [4.78, 5) is 22.7. The molecule has 3 rings (SSSR count). The highest BCUT2D eigenvalue weighted by molar-refractivity contribution is 5.91. The van der Waals surface area contributed by atoms with E-state index >= 15 is 0 Å². The second-order valence-electron chi connectivity index (χ2n) is 4.35. The van der Waals surface area contributed by atoms with Crippen LogP contribution in [0.25, 0.3) is 11.2 Å². The first-order valence-corrected chi connectivity index (χ1v) is 5.74. The van der Waals surface area contributed by atoms with Gasteiger partial charge in [-0.3, -0.25) is 0 Å². The molecule has 0 spiro atoms. The predicted molar refractivity (Wildman–Crippen MR) is 64.4 cm³/mol. The third-order valence-electron chi connectivity index (χ3n) is 2.78. The quantitative estimate of drug-likeness (QED) is 0.511. The van der Waals surface area contributed by atoms with Gasteiger partial charge in [0.2, 0.25) is 17.8 Å². The molecule has 1 aliphatic heterocycles. The van der Waals surface area contributed by atoms with Crippen LogP contribution < -0.4 is 9.47 Å². The maximum atomic E-state index is 11.6. The van der Waals surface area contributed by atoms with Gasteiger partial charge in [-0.25, -0.2) is 9.59 Å². The molecular formula is C13H10O7. The van der Waals surface area contributed by atoms with Crippen LogP contribution in [0.5, 0.6) is 11.5 Å². The van der Waals surface area contributed by atoms with Crippen LogP contribution >= 0.6 is 0 Å². The molecule has 1 unspecified atom stereocenters. The van der Waals surface area contributed by atoms with Crippen LogP contribution in [0.4, 0.5) is 0 Å². The molecule has 0 fully saturated rings. The molecule has 0 radical (unpaired) electrons. The molecule has 20 heavy (non-hydrogen) atoms. The molecule has 2 aromatic heterocycles. The number of hydrogen-bond donors (Lipinski definition) is 1. The van der Waals surface area contributed by atoms with Crippen LogP contribution in [-0.2, 0) is 14.3 Å². The first kappa shape index (κ1) is 12.5. The van der Waals surface area contributed by atoms with Crippen molar-refractivity contribution in [1.29, 1.82) is 0 Å². The largest absolute Gasteiger partial charge is 0.453 e. The zero-order valence-corrected chi connectivity index (χ0v) is 10.5. The summed E-state index contributed by atoms with van der Waals surface area (Å²) in [7, 11) is 0. The van der Waals surface area contributed by atoms with Crippen molar-refractivity contribution in [2.75, 3.05) is 6.61 Å². The number of aliphatic hydroxyl groups is 1. The van der Waals surface area contributed by atoms with Crippen LogP contribution in [-0.4, -0.2) is 23.7 Å². The zero-order valence-electron chi connectivity index (χ0n) is 10.5. The van der Waals surface area contributed by atoms with Crippen molar-refractivity contribution in [3.8, 4) is 11.5 Å². The Kier molecular flexibility index (Phi) is 2.65. The van der Waals surface area contributed by atoms with Crippen LogP contribution in [0, 0.1) is 0 Å². The molecule has 104 valence electrons. The minimum absolute atomic E-state index is 0.0803. The summed E-state index contributed by atoms with van der Waals surface area (Å²) in [5.41, 5.74) is 1.33. The lowest BCUT2D eigenvalue weighted by atomic mass is 10.2.